The maximum absolute atomic E-state index is 5.69. The first-order chi connectivity index (χ1) is 34.2. The van der Waals surface area contributed by atoms with Crippen molar-refractivity contribution < 1.29 is 0 Å². The minimum Gasteiger partial charge on any atom is -0.308 e. The first kappa shape index (κ1) is 39.9. The Morgan fingerprint density at radius 1 is 0.493 bits per heavy atom. The van der Waals surface area contributed by atoms with Gasteiger partial charge in [-0.25, -0.2) is 9.98 Å². The number of hydrogen-bond donors (Lipinski definition) is 0. The van der Waals surface area contributed by atoms with Crippen LogP contribution in [0, 0.1) is 0 Å². The minimum atomic E-state index is 0.270. The third-order valence-electron chi connectivity index (χ3n) is 14.7. The average molecular weight is 900 g/mol. The van der Waals surface area contributed by atoms with E-state index < -0.39 is 0 Å². The number of aromatic nitrogens is 1. The molecule has 10 aromatic carbocycles. The molecule has 2 aliphatic rings. The quantitative estimate of drug-likeness (QED) is 0.153. The Morgan fingerprint density at radius 2 is 1.20 bits per heavy atom. The molecular formula is C65H45N3S. The molecule has 0 bridgehead atoms. The van der Waals surface area contributed by atoms with Gasteiger partial charge in [0.15, 0.2) is 5.84 Å². The Bertz CT molecular complexity index is 4130. The maximum atomic E-state index is 5.69. The van der Waals surface area contributed by atoms with E-state index in [1.165, 1.54) is 103 Å². The molecule has 69 heavy (non-hydrogen) atoms. The van der Waals surface area contributed by atoms with Crippen molar-refractivity contribution in [2.45, 2.75) is 31.6 Å². The molecule has 0 fully saturated rings. The normalized spacial score (nSPS) is 14.8. The highest BCUT2D eigenvalue weighted by atomic mass is 32.1. The van der Waals surface area contributed by atoms with Crippen LogP contribution in [0.3, 0.4) is 0 Å². The summed E-state index contributed by atoms with van der Waals surface area (Å²) in [7, 11) is 0. The third kappa shape index (κ3) is 6.54. The lowest BCUT2D eigenvalue weighted by molar-refractivity contribution is 0.728. The Hall–Kier alpha value is -8.18. The molecule has 0 saturated heterocycles. The molecule has 3 heterocycles. The monoisotopic (exact) mass is 899 g/mol. The number of amidine groups is 1. The standard InChI is InChI=1S/C65H45N3S/c1-3-17-41(18-4-1)33-35-51-48-26-12-11-25-47(48)50-28-15-29-52(61(50)51)56-30-16-31-57(67-65(66-56)43-20-5-2-6-21-43)53-37-38-59(64-62(53)54-36-34-42-19-9-10-24-46(42)63(54)69-64)68-58-32-14-13-27-49(58)55-39-44-22-7-8-23-45(44)40-60(55)68/h1-15,17-29,31-32,34,36-40,51H,16,30,33,35H2. The molecule has 0 spiro atoms. The summed E-state index contributed by atoms with van der Waals surface area (Å²) in [4.78, 5) is 11.4. The van der Waals surface area contributed by atoms with Crippen molar-refractivity contribution >= 4 is 92.1 Å². The van der Waals surface area contributed by atoms with Crippen LogP contribution in [0.1, 0.15) is 58.6 Å². The fourth-order valence-corrected chi connectivity index (χ4v) is 12.9. The average Bonchev–Trinajstić information content (AvgIpc) is 4.06. The van der Waals surface area contributed by atoms with Crippen LogP contribution < -0.4 is 0 Å². The number of aliphatic imine (C=N–C) groups is 2. The number of hydrogen-bond acceptors (Lipinski definition) is 3. The van der Waals surface area contributed by atoms with Crippen LogP contribution in [-0.2, 0) is 6.42 Å². The predicted molar refractivity (Wildman–Crippen MR) is 294 cm³/mol. The van der Waals surface area contributed by atoms with Gasteiger partial charge in [-0.1, -0.05) is 194 Å². The van der Waals surface area contributed by atoms with Crippen molar-refractivity contribution in [1.82, 2.24) is 4.57 Å². The van der Waals surface area contributed by atoms with Gasteiger partial charge in [0.25, 0.3) is 0 Å². The predicted octanol–water partition coefficient (Wildman–Crippen LogP) is 17.3. The van der Waals surface area contributed by atoms with E-state index in [9.17, 15) is 0 Å². The van der Waals surface area contributed by atoms with Gasteiger partial charge in [0.2, 0.25) is 0 Å². The van der Waals surface area contributed by atoms with E-state index in [2.05, 4.69) is 223 Å². The van der Waals surface area contributed by atoms with E-state index in [4.69, 9.17) is 9.98 Å². The van der Waals surface area contributed by atoms with Crippen molar-refractivity contribution in [2.24, 2.45) is 9.98 Å². The van der Waals surface area contributed by atoms with Gasteiger partial charge in [-0.3, -0.25) is 0 Å². The number of aryl methyl sites for hydroxylation is 1. The van der Waals surface area contributed by atoms with Gasteiger partial charge < -0.3 is 4.57 Å². The van der Waals surface area contributed by atoms with E-state index in [0.717, 1.165) is 54.1 Å². The lowest BCUT2D eigenvalue weighted by atomic mass is 9.85. The van der Waals surface area contributed by atoms with Crippen molar-refractivity contribution in [2.75, 3.05) is 0 Å². The molecule has 326 valence electrons. The van der Waals surface area contributed by atoms with E-state index in [1.54, 1.807) is 0 Å². The summed E-state index contributed by atoms with van der Waals surface area (Å²) in [5, 5.41) is 10.0. The fraction of sp³-hybridized carbons (Fsp3) is 0.0769. The Kier molecular flexibility index (Phi) is 9.41. The number of fused-ring (bicyclic) bond motifs is 12. The van der Waals surface area contributed by atoms with E-state index in [-0.39, 0.29) is 5.92 Å². The first-order valence-corrected chi connectivity index (χ1v) is 25.0. The summed E-state index contributed by atoms with van der Waals surface area (Å²) >= 11 is 1.90. The van der Waals surface area contributed by atoms with Crippen molar-refractivity contribution in [3.8, 4) is 16.8 Å². The minimum absolute atomic E-state index is 0.270. The van der Waals surface area contributed by atoms with Gasteiger partial charge in [-0.05, 0) is 99.3 Å². The van der Waals surface area contributed by atoms with Crippen molar-refractivity contribution in [3.63, 3.8) is 0 Å². The summed E-state index contributed by atoms with van der Waals surface area (Å²) in [6, 6.07) is 77.9. The van der Waals surface area contributed by atoms with Crippen LogP contribution in [0.15, 0.2) is 228 Å². The van der Waals surface area contributed by atoms with Crippen LogP contribution in [0.25, 0.3) is 86.0 Å². The molecular weight excluding hydrogens is 855 g/mol. The molecule has 2 aromatic heterocycles. The summed E-state index contributed by atoms with van der Waals surface area (Å²) in [5.74, 6) is 1.01. The smallest absolute Gasteiger partial charge is 0.160 e. The molecule has 0 radical (unpaired) electrons. The SMILES string of the molecule is C1=C(c2ccc(-n3c4ccccc4c4cc5ccccc5cc43)c3sc4c5ccccc5ccc4c23)N=C(c2ccccc2)N=C(c2cccc3c2C(CCc2ccccc2)c2ccccc2-3)CC1. The molecule has 0 amide bonds. The molecule has 1 unspecified atom stereocenters. The van der Waals surface area contributed by atoms with E-state index in [1.807, 2.05) is 11.3 Å². The molecule has 1 atom stereocenters. The van der Waals surface area contributed by atoms with Gasteiger partial charge in [0.1, 0.15) is 0 Å². The summed E-state index contributed by atoms with van der Waals surface area (Å²) in [5.41, 5.74) is 15.9. The molecule has 0 saturated carbocycles. The Labute approximate surface area is 404 Å². The van der Waals surface area contributed by atoms with Gasteiger partial charge in [-0.15, -0.1) is 11.3 Å². The van der Waals surface area contributed by atoms with E-state index in [0.29, 0.717) is 0 Å². The maximum Gasteiger partial charge on any atom is 0.160 e. The summed E-state index contributed by atoms with van der Waals surface area (Å²) in [6.07, 6.45) is 6.02. The highest BCUT2D eigenvalue weighted by Crippen LogP contribution is 2.50. The molecule has 3 nitrogen and oxygen atoms in total. The second-order valence-corrected chi connectivity index (χ2v) is 19.6. The molecule has 12 aromatic rings. The van der Waals surface area contributed by atoms with E-state index >= 15 is 0 Å². The van der Waals surface area contributed by atoms with Gasteiger partial charge in [-0.2, -0.15) is 0 Å². The Morgan fingerprint density at radius 3 is 2.07 bits per heavy atom. The zero-order chi connectivity index (χ0) is 45.4. The van der Waals surface area contributed by atoms with Crippen LogP contribution in [0.4, 0.5) is 0 Å². The van der Waals surface area contributed by atoms with Gasteiger partial charge in [0.05, 0.1) is 32.8 Å². The second kappa shape index (κ2) is 16.3. The van der Waals surface area contributed by atoms with Gasteiger partial charge in [0, 0.05) is 48.9 Å². The molecule has 1 aliphatic carbocycles. The largest absolute Gasteiger partial charge is 0.308 e. The molecule has 14 rings (SSSR count). The molecule has 4 heteroatoms. The third-order valence-corrected chi connectivity index (χ3v) is 16.0. The highest BCUT2D eigenvalue weighted by Gasteiger charge is 2.32. The van der Waals surface area contributed by atoms with Crippen LogP contribution in [0.5, 0.6) is 0 Å². The fourth-order valence-electron chi connectivity index (χ4n) is 11.6. The first-order valence-electron chi connectivity index (χ1n) is 24.2. The summed E-state index contributed by atoms with van der Waals surface area (Å²) in [6.45, 7) is 0. The number of para-hydroxylation sites is 1. The molecule has 0 N–H and O–H groups in total. The Balaban J connectivity index is 0.971. The number of thiophene rings is 1. The van der Waals surface area contributed by atoms with Crippen molar-refractivity contribution in [1.29, 1.82) is 0 Å². The van der Waals surface area contributed by atoms with Crippen LogP contribution in [0.2, 0.25) is 0 Å². The number of rotatable bonds is 7. The zero-order valence-electron chi connectivity index (χ0n) is 37.9. The number of nitrogens with zero attached hydrogens (tertiary/aromatic N) is 3. The summed E-state index contributed by atoms with van der Waals surface area (Å²) < 4.78 is 5.05. The topological polar surface area (TPSA) is 29.6 Å². The van der Waals surface area contributed by atoms with Gasteiger partial charge >= 0.3 is 0 Å². The highest BCUT2D eigenvalue weighted by molar-refractivity contribution is 7.27. The number of benzene rings is 10. The zero-order valence-corrected chi connectivity index (χ0v) is 38.8. The van der Waals surface area contributed by atoms with Crippen LogP contribution >= 0.6 is 11.3 Å². The second-order valence-electron chi connectivity index (χ2n) is 18.6. The van der Waals surface area contributed by atoms with Crippen molar-refractivity contribution in [3.05, 3.63) is 252 Å². The number of allylic oxidation sites excluding steroid dienone is 1. The van der Waals surface area contributed by atoms with Crippen LogP contribution in [-0.4, -0.2) is 16.1 Å². The lowest BCUT2D eigenvalue weighted by Crippen LogP contribution is -2.13. The lowest BCUT2D eigenvalue weighted by Gasteiger charge is -2.20. The molecule has 1 aliphatic heterocycles.